The summed E-state index contributed by atoms with van der Waals surface area (Å²) in [5.41, 5.74) is 8.25. The van der Waals surface area contributed by atoms with E-state index < -0.39 is 0 Å². The van der Waals surface area contributed by atoms with Crippen LogP contribution in [-0.4, -0.2) is 0 Å². The number of para-hydroxylation sites is 1. The van der Waals surface area contributed by atoms with Crippen LogP contribution in [0.2, 0.25) is 0 Å². The van der Waals surface area contributed by atoms with E-state index in [0.717, 1.165) is 5.69 Å². The molecule has 0 fully saturated rings. The van der Waals surface area contributed by atoms with Crippen molar-refractivity contribution in [2.24, 2.45) is 0 Å². The van der Waals surface area contributed by atoms with Crippen LogP contribution in [0, 0.1) is 0 Å². The highest BCUT2D eigenvalue weighted by Gasteiger charge is 2.11. The van der Waals surface area contributed by atoms with Crippen molar-refractivity contribution < 1.29 is 0 Å². The molecule has 80 valence electrons. The molecule has 1 aliphatic carbocycles. The fourth-order valence-corrected chi connectivity index (χ4v) is 2.27. The zero-order chi connectivity index (χ0) is 10.5. The van der Waals surface area contributed by atoms with Crippen molar-refractivity contribution >= 4 is 5.69 Å². The minimum absolute atomic E-state index is 0.534. The lowest BCUT2D eigenvalue weighted by atomic mass is 9.89. The number of hydrogen-bond donors (Lipinski definition) is 1. The maximum Gasteiger partial charge on any atom is 0.0352 e. The van der Waals surface area contributed by atoms with E-state index in [-0.39, 0.29) is 0 Å². The quantitative estimate of drug-likeness (QED) is 0.541. The Bertz CT molecular complexity index is 341. The Balaban J connectivity index is 2.20. The number of hydrogen-bond acceptors (Lipinski definition) is 1. The monoisotopic (exact) mass is 201 g/mol. The van der Waals surface area contributed by atoms with Gasteiger partial charge in [0.25, 0.3) is 0 Å². The molecule has 1 atom stereocenters. The Labute approximate surface area is 92.0 Å². The van der Waals surface area contributed by atoms with E-state index in [4.69, 9.17) is 5.73 Å². The first kappa shape index (κ1) is 10.3. The zero-order valence-electron chi connectivity index (χ0n) is 9.15. The molecule has 2 rings (SSSR count). The molecular weight excluding hydrogens is 182 g/mol. The van der Waals surface area contributed by atoms with Crippen LogP contribution in [0.25, 0.3) is 0 Å². The van der Waals surface area contributed by atoms with E-state index in [1.807, 2.05) is 12.1 Å². The SMILES string of the molecule is Nc1ccccc1C1/C=C\CCCCC1. The second-order valence-electron chi connectivity index (χ2n) is 4.30. The maximum atomic E-state index is 6.01. The van der Waals surface area contributed by atoms with Gasteiger partial charge in [-0.3, -0.25) is 0 Å². The third-order valence-electron chi connectivity index (χ3n) is 3.15. The Kier molecular flexibility index (Phi) is 3.44. The van der Waals surface area contributed by atoms with E-state index in [1.165, 1.54) is 37.7 Å². The topological polar surface area (TPSA) is 26.0 Å². The highest BCUT2D eigenvalue weighted by atomic mass is 14.6. The van der Waals surface area contributed by atoms with Gasteiger partial charge in [0.05, 0.1) is 0 Å². The lowest BCUT2D eigenvalue weighted by Gasteiger charge is -2.17. The number of nitrogens with two attached hydrogens (primary N) is 1. The zero-order valence-corrected chi connectivity index (χ0v) is 9.15. The summed E-state index contributed by atoms with van der Waals surface area (Å²) < 4.78 is 0. The second-order valence-corrected chi connectivity index (χ2v) is 4.30. The molecule has 1 aromatic rings. The molecule has 0 saturated carbocycles. The molecule has 0 heterocycles. The van der Waals surface area contributed by atoms with E-state index >= 15 is 0 Å². The normalized spacial score (nSPS) is 24.1. The summed E-state index contributed by atoms with van der Waals surface area (Å²) in [6, 6.07) is 8.25. The number of anilines is 1. The Morgan fingerprint density at radius 3 is 2.80 bits per heavy atom. The van der Waals surface area contributed by atoms with Crippen molar-refractivity contribution in [1.82, 2.24) is 0 Å². The Hall–Kier alpha value is -1.24. The second kappa shape index (κ2) is 5.01. The van der Waals surface area contributed by atoms with Crippen molar-refractivity contribution in [2.45, 2.75) is 38.0 Å². The molecule has 0 aromatic heterocycles. The average Bonchev–Trinajstić information content (AvgIpc) is 2.19. The van der Waals surface area contributed by atoms with Gasteiger partial charge in [-0.15, -0.1) is 0 Å². The average molecular weight is 201 g/mol. The largest absolute Gasteiger partial charge is 0.398 e. The molecule has 1 aliphatic rings. The van der Waals surface area contributed by atoms with Crippen LogP contribution in [0.4, 0.5) is 5.69 Å². The number of nitrogen functional groups attached to an aromatic ring is 1. The standard InChI is InChI=1S/C14H19N/c15-14-11-7-6-10-13(14)12-8-4-2-1-3-5-9-12/h4,6-8,10-12H,1-3,5,9,15H2/b8-4-. The number of rotatable bonds is 1. The van der Waals surface area contributed by atoms with Gasteiger partial charge in [0, 0.05) is 11.6 Å². The third kappa shape index (κ3) is 2.62. The molecule has 1 aromatic carbocycles. The van der Waals surface area contributed by atoms with Crippen LogP contribution in [0.5, 0.6) is 0 Å². The van der Waals surface area contributed by atoms with Crippen molar-refractivity contribution in [3.63, 3.8) is 0 Å². The van der Waals surface area contributed by atoms with Gasteiger partial charge in [-0.1, -0.05) is 43.2 Å². The van der Waals surface area contributed by atoms with Gasteiger partial charge in [-0.05, 0) is 30.9 Å². The smallest absolute Gasteiger partial charge is 0.0352 e. The summed E-state index contributed by atoms with van der Waals surface area (Å²) >= 11 is 0. The Morgan fingerprint density at radius 1 is 1.07 bits per heavy atom. The van der Waals surface area contributed by atoms with Gasteiger partial charge in [0.1, 0.15) is 0 Å². The third-order valence-corrected chi connectivity index (χ3v) is 3.15. The molecular formula is C14H19N. The molecule has 0 amide bonds. The molecule has 0 aliphatic heterocycles. The highest BCUT2D eigenvalue weighted by Crippen LogP contribution is 2.29. The van der Waals surface area contributed by atoms with Crippen molar-refractivity contribution in [3.8, 4) is 0 Å². The van der Waals surface area contributed by atoms with Crippen LogP contribution in [-0.2, 0) is 0 Å². The van der Waals surface area contributed by atoms with Gasteiger partial charge in [-0.2, -0.15) is 0 Å². The van der Waals surface area contributed by atoms with E-state index in [1.54, 1.807) is 0 Å². The molecule has 1 nitrogen and oxygen atoms in total. The van der Waals surface area contributed by atoms with Crippen molar-refractivity contribution in [1.29, 1.82) is 0 Å². The molecule has 0 spiro atoms. The Morgan fingerprint density at radius 2 is 1.93 bits per heavy atom. The van der Waals surface area contributed by atoms with Crippen molar-refractivity contribution in [3.05, 3.63) is 42.0 Å². The predicted molar refractivity (Wildman–Crippen MR) is 65.8 cm³/mol. The van der Waals surface area contributed by atoms with Crippen LogP contribution in [0.3, 0.4) is 0 Å². The predicted octanol–water partition coefficient (Wildman–Crippen LogP) is 3.87. The molecule has 15 heavy (non-hydrogen) atoms. The summed E-state index contributed by atoms with van der Waals surface area (Å²) in [6.45, 7) is 0. The first-order valence-corrected chi connectivity index (χ1v) is 5.89. The summed E-state index contributed by atoms with van der Waals surface area (Å²) in [7, 11) is 0. The molecule has 1 unspecified atom stereocenters. The first-order valence-electron chi connectivity index (χ1n) is 5.89. The molecule has 0 radical (unpaired) electrons. The minimum Gasteiger partial charge on any atom is -0.398 e. The van der Waals surface area contributed by atoms with Gasteiger partial charge < -0.3 is 5.73 Å². The summed E-state index contributed by atoms with van der Waals surface area (Å²) in [5, 5.41) is 0. The van der Waals surface area contributed by atoms with Crippen LogP contribution < -0.4 is 5.73 Å². The van der Waals surface area contributed by atoms with Gasteiger partial charge in [0.2, 0.25) is 0 Å². The van der Waals surface area contributed by atoms with Gasteiger partial charge in [-0.25, -0.2) is 0 Å². The molecule has 2 N–H and O–H groups in total. The van der Waals surface area contributed by atoms with Crippen molar-refractivity contribution in [2.75, 3.05) is 5.73 Å². The van der Waals surface area contributed by atoms with Crippen LogP contribution in [0.15, 0.2) is 36.4 Å². The highest BCUT2D eigenvalue weighted by molar-refractivity contribution is 5.49. The lowest BCUT2D eigenvalue weighted by Crippen LogP contribution is -2.01. The minimum atomic E-state index is 0.534. The molecule has 0 saturated heterocycles. The molecule has 1 heteroatoms. The van der Waals surface area contributed by atoms with Crippen LogP contribution in [0.1, 0.15) is 43.6 Å². The summed E-state index contributed by atoms with van der Waals surface area (Å²) in [6.07, 6.45) is 11.1. The fraction of sp³-hybridized carbons (Fsp3) is 0.429. The number of allylic oxidation sites excluding steroid dienone is 2. The van der Waals surface area contributed by atoms with E-state index in [0.29, 0.717) is 5.92 Å². The summed E-state index contributed by atoms with van der Waals surface area (Å²) in [4.78, 5) is 0. The van der Waals surface area contributed by atoms with E-state index in [2.05, 4.69) is 24.3 Å². The van der Waals surface area contributed by atoms with Gasteiger partial charge in [0.15, 0.2) is 0 Å². The van der Waals surface area contributed by atoms with Gasteiger partial charge >= 0.3 is 0 Å². The van der Waals surface area contributed by atoms with Crippen LogP contribution >= 0.6 is 0 Å². The van der Waals surface area contributed by atoms with E-state index in [9.17, 15) is 0 Å². The first-order chi connectivity index (χ1) is 7.38. The lowest BCUT2D eigenvalue weighted by molar-refractivity contribution is 0.599. The number of benzene rings is 1. The summed E-state index contributed by atoms with van der Waals surface area (Å²) in [5.74, 6) is 0.534. The maximum absolute atomic E-state index is 6.01. The molecule has 0 bridgehead atoms. The fourth-order valence-electron chi connectivity index (χ4n) is 2.27.